The molecule has 2 aromatic carbocycles. The molecule has 1 heterocycles. The molecule has 0 saturated carbocycles. The lowest BCUT2D eigenvalue weighted by Gasteiger charge is -2.10. The van der Waals surface area contributed by atoms with Crippen molar-refractivity contribution in [3.63, 3.8) is 0 Å². The summed E-state index contributed by atoms with van der Waals surface area (Å²) in [6.45, 7) is 0. The number of aryl methyl sites for hydroxylation is 1. The van der Waals surface area contributed by atoms with E-state index in [-0.39, 0.29) is 17.5 Å². The zero-order chi connectivity index (χ0) is 14.6. The van der Waals surface area contributed by atoms with Crippen LogP contribution in [0, 0.1) is 0 Å². The van der Waals surface area contributed by atoms with Crippen LogP contribution < -0.4 is 5.76 Å². The lowest BCUT2D eigenvalue weighted by atomic mass is 9.93. The first-order valence-electron chi connectivity index (χ1n) is 6.87. The van der Waals surface area contributed by atoms with Crippen LogP contribution in [-0.2, 0) is 7.05 Å². The van der Waals surface area contributed by atoms with Gasteiger partial charge in [0.15, 0.2) is 11.4 Å². The number of ketones is 1. The Morgan fingerprint density at radius 1 is 1.14 bits per heavy atom. The predicted molar refractivity (Wildman–Crippen MR) is 78.7 cm³/mol. The Balaban J connectivity index is 1.88. The summed E-state index contributed by atoms with van der Waals surface area (Å²) in [5.41, 5.74) is 4.20. The minimum absolute atomic E-state index is 0.0450. The van der Waals surface area contributed by atoms with E-state index in [1.807, 2.05) is 42.5 Å². The molecule has 0 saturated heterocycles. The molecule has 0 fully saturated rings. The average Bonchev–Trinajstić information content (AvgIpc) is 2.98. The fraction of sp³-hybridized carbons (Fsp3) is 0.176. The molecule has 21 heavy (non-hydrogen) atoms. The first-order chi connectivity index (χ1) is 10.1. The largest absolute Gasteiger partial charge is 0.419 e. The molecule has 1 unspecified atom stereocenters. The first kappa shape index (κ1) is 12.1. The summed E-state index contributed by atoms with van der Waals surface area (Å²) in [5, 5.41) is 0. The topological polar surface area (TPSA) is 52.2 Å². The molecular weight excluding hydrogens is 266 g/mol. The average molecular weight is 279 g/mol. The van der Waals surface area contributed by atoms with Crippen molar-refractivity contribution in [2.24, 2.45) is 7.05 Å². The third-order valence-electron chi connectivity index (χ3n) is 4.24. The Bertz CT molecular complexity index is 933. The SMILES string of the molecule is Cn1c(=O)oc2cc(C3CC(=O)c4ccccc43)ccc21. The Labute approximate surface area is 120 Å². The standard InChI is InChI=1S/C17H13NO3/c1-18-14-7-6-10(8-16(14)21-17(18)20)13-9-15(19)12-5-3-2-4-11(12)13/h2-8,13H,9H2,1H3. The number of carbonyl (C=O) groups is 1. The lowest BCUT2D eigenvalue weighted by Crippen LogP contribution is -2.08. The number of benzene rings is 2. The number of Topliss-reactive ketones (excluding diaryl/α,β-unsaturated/α-hetero) is 1. The quantitative estimate of drug-likeness (QED) is 0.688. The number of hydrogen-bond acceptors (Lipinski definition) is 3. The van der Waals surface area contributed by atoms with E-state index in [9.17, 15) is 9.59 Å². The van der Waals surface area contributed by atoms with Gasteiger partial charge >= 0.3 is 5.76 Å². The van der Waals surface area contributed by atoms with Crippen LogP contribution in [0.4, 0.5) is 0 Å². The monoisotopic (exact) mass is 279 g/mol. The van der Waals surface area contributed by atoms with Crippen molar-refractivity contribution < 1.29 is 9.21 Å². The highest BCUT2D eigenvalue weighted by Crippen LogP contribution is 2.38. The van der Waals surface area contributed by atoms with Gasteiger partial charge in [0.25, 0.3) is 0 Å². The Kier molecular flexibility index (Phi) is 2.42. The van der Waals surface area contributed by atoms with Gasteiger partial charge in [0.1, 0.15) is 0 Å². The van der Waals surface area contributed by atoms with Crippen LogP contribution in [0.1, 0.15) is 33.8 Å². The molecular formula is C17H13NO3. The number of oxazole rings is 1. The summed E-state index contributed by atoms with van der Waals surface area (Å²) in [6, 6.07) is 13.4. The van der Waals surface area contributed by atoms with Gasteiger partial charge in [0.05, 0.1) is 5.52 Å². The van der Waals surface area contributed by atoms with Gasteiger partial charge < -0.3 is 4.42 Å². The van der Waals surface area contributed by atoms with E-state index in [0.717, 1.165) is 22.2 Å². The summed E-state index contributed by atoms with van der Waals surface area (Å²) in [6.07, 6.45) is 0.474. The highest BCUT2D eigenvalue weighted by molar-refractivity contribution is 6.02. The molecule has 1 aliphatic carbocycles. The van der Waals surface area contributed by atoms with Gasteiger partial charge in [0, 0.05) is 24.9 Å². The second-order valence-corrected chi connectivity index (χ2v) is 5.42. The molecule has 0 aliphatic heterocycles. The van der Waals surface area contributed by atoms with E-state index < -0.39 is 0 Å². The van der Waals surface area contributed by atoms with Crippen molar-refractivity contribution in [1.29, 1.82) is 0 Å². The van der Waals surface area contributed by atoms with Gasteiger partial charge in [0.2, 0.25) is 0 Å². The fourth-order valence-electron chi connectivity index (χ4n) is 3.12. The number of nitrogens with zero attached hydrogens (tertiary/aromatic N) is 1. The van der Waals surface area contributed by atoms with E-state index in [0.29, 0.717) is 12.0 Å². The van der Waals surface area contributed by atoms with E-state index >= 15 is 0 Å². The zero-order valence-corrected chi connectivity index (χ0v) is 11.5. The van der Waals surface area contributed by atoms with Crippen LogP contribution in [0.3, 0.4) is 0 Å². The van der Waals surface area contributed by atoms with Gasteiger partial charge in [-0.3, -0.25) is 9.36 Å². The number of carbonyl (C=O) groups excluding carboxylic acids is 1. The molecule has 1 aromatic heterocycles. The zero-order valence-electron chi connectivity index (χ0n) is 11.5. The second-order valence-electron chi connectivity index (χ2n) is 5.42. The van der Waals surface area contributed by atoms with Crippen molar-refractivity contribution in [2.45, 2.75) is 12.3 Å². The van der Waals surface area contributed by atoms with Crippen LogP contribution in [0.2, 0.25) is 0 Å². The summed E-state index contributed by atoms with van der Waals surface area (Å²) in [5.74, 6) is -0.154. The highest BCUT2D eigenvalue weighted by Gasteiger charge is 2.30. The smallest absolute Gasteiger partial charge is 0.408 e. The van der Waals surface area contributed by atoms with E-state index in [2.05, 4.69) is 0 Å². The Morgan fingerprint density at radius 3 is 2.81 bits per heavy atom. The van der Waals surface area contributed by atoms with Crippen molar-refractivity contribution in [3.05, 3.63) is 69.7 Å². The second kappa shape index (κ2) is 4.19. The van der Waals surface area contributed by atoms with Gasteiger partial charge in [-0.1, -0.05) is 30.3 Å². The molecule has 0 bridgehead atoms. The molecule has 104 valence electrons. The van der Waals surface area contributed by atoms with Crippen LogP contribution in [-0.4, -0.2) is 10.4 Å². The normalized spacial score (nSPS) is 17.4. The molecule has 0 spiro atoms. The molecule has 0 radical (unpaired) electrons. The Hall–Kier alpha value is -2.62. The molecule has 4 nitrogen and oxygen atoms in total. The molecule has 3 aromatic rings. The van der Waals surface area contributed by atoms with E-state index in [1.165, 1.54) is 4.57 Å². The van der Waals surface area contributed by atoms with Crippen LogP contribution >= 0.6 is 0 Å². The van der Waals surface area contributed by atoms with Crippen LogP contribution in [0.25, 0.3) is 11.1 Å². The molecule has 1 aliphatic rings. The van der Waals surface area contributed by atoms with Crippen molar-refractivity contribution in [2.75, 3.05) is 0 Å². The van der Waals surface area contributed by atoms with Gasteiger partial charge in [-0.15, -0.1) is 0 Å². The molecule has 0 amide bonds. The highest BCUT2D eigenvalue weighted by atomic mass is 16.4. The third kappa shape index (κ3) is 1.69. The minimum Gasteiger partial charge on any atom is -0.408 e. The number of hydrogen-bond donors (Lipinski definition) is 0. The first-order valence-corrected chi connectivity index (χ1v) is 6.87. The molecule has 4 heteroatoms. The maximum absolute atomic E-state index is 12.1. The Morgan fingerprint density at radius 2 is 1.95 bits per heavy atom. The maximum Gasteiger partial charge on any atom is 0.419 e. The van der Waals surface area contributed by atoms with E-state index in [4.69, 9.17) is 4.42 Å². The van der Waals surface area contributed by atoms with Crippen molar-refractivity contribution in [3.8, 4) is 0 Å². The van der Waals surface area contributed by atoms with Crippen molar-refractivity contribution in [1.82, 2.24) is 4.57 Å². The number of rotatable bonds is 1. The molecule has 1 atom stereocenters. The summed E-state index contributed by atoms with van der Waals surface area (Å²) < 4.78 is 6.72. The lowest BCUT2D eigenvalue weighted by molar-refractivity contribution is 0.0991. The van der Waals surface area contributed by atoms with Gasteiger partial charge in [-0.2, -0.15) is 0 Å². The fourth-order valence-corrected chi connectivity index (χ4v) is 3.12. The minimum atomic E-state index is -0.370. The molecule has 4 rings (SSSR count). The van der Waals surface area contributed by atoms with E-state index in [1.54, 1.807) is 7.05 Å². The maximum atomic E-state index is 12.1. The van der Waals surface area contributed by atoms with Crippen LogP contribution in [0.15, 0.2) is 51.7 Å². The third-order valence-corrected chi connectivity index (χ3v) is 4.24. The summed E-state index contributed by atoms with van der Waals surface area (Å²) in [7, 11) is 1.68. The summed E-state index contributed by atoms with van der Waals surface area (Å²) >= 11 is 0. The summed E-state index contributed by atoms with van der Waals surface area (Å²) in [4.78, 5) is 23.7. The van der Waals surface area contributed by atoms with Crippen molar-refractivity contribution >= 4 is 16.9 Å². The van der Waals surface area contributed by atoms with Crippen LogP contribution in [0.5, 0.6) is 0 Å². The predicted octanol–water partition coefficient (Wildman–Crippen LogP) is 2.85. The van der Waals surface area contributed by atoms with Gasteiger partial charge in [-0.25, -0.2) is 4.79 Å². The number of fused-ring (bicyclic) bond motifs is 2. The number of aromatic nitrogens is 1. The van der Waals surface area contributed by atoms with Gasteiger partial charge in [-0.05, 0) is 23.3 Å². The molecule has 0 N–H and O–H groups in total.